The first-order valence-corrected chi connectivity index (χ1v) is 10.3. The zero-order valence-electron chi connectivity index (χ0n) is 17.5. The Labute approximate surface area is 190 Å². The Kier molecular flexibility index (Phi) is 6.37. The van der Waals surface area contributed by atoms with E-state index < -0.39 is 12.1 Å². The van der Waals surface area contributed by atoms with Crippen molar-refractivity contribution in [3.8, 4) is 17.2 Å². The van der Waals surface area contributed by atoms with Crippen LogP contribution in [0.3, 0.4) is 0 Å². The van der Waals surface area contributed by atoms with E-state index in [2.05, 4.69) is 20.8 Å². The summed E-state index contributed by atoms with van der Waals surface area (Å²) in [6.07, 6.45) is 0. The molecule has 0 bridgehead atoms. The molecule has 0 aliphatic heterocycles. The number of aryl methyl sites for hydroxylation is 1. The number of carbonyl (C=O) groups excluding carboxylic acids is 1. The molecule has 0 fully saturated rings. The zero-order valence-corrected chi connectivity index (χ0v) is 18.3. The van der Waals surface area contributed by atoms with Gasteiger partial charge in [0.15, 0.2) is 0 Å². The number of aromatic nitrogens is 2. The van der Waals surface area contributed by atoms with Crippen LogP contribution in [0.1, 0.15) is 23.1 Å². The van der Waals surface area contributed by atoms with E-state index >= 15 is 0 Å². The molecule has 0 saturated heterocycles. The Bertz CT molecular complexity index is 1210. The number of anilines is 1. The molecule has 8 heteroatoms. The zero-order chi connectivity index (χ0) is 22.5. The van der Waals surface area contributed by atoms with Crippen molar-refractivity contribution in [3.05, 3.63) is 94.8 Å². The van der Waals surface area contributed by atoms with Gasteiger partial charge in [-0.3, -0.25) is 0 Å². The summed E-state index contributed by atoms with van der Waals surface area (Å²) < 4.78 is 11.3. The standard InChI is InChI=1S/C24H21ClN4O3/c1-15-8-13-20(31-2)19(14-15)26-24(30)27-21(16-9-11-18(25)12-10-16)23-29-28-22(32-23)17-6-4-3-5-7-17/h3-14,21H,1-2H3,(H2,26,27,30). The van der Waals surface area contributed by atoms with E-state index in [1.54, 1.807) is 37.4 Å². The van der Waals surface area contributed by atoms with Gasteiger partial charge in [-0.2, -0.15) is 0 Å². The number of methoxy groups -OCH3 is 1. The number of urea groups is 1. The van der Waals surface area contributed by atoms with Crippen molar-refractivity contribution in [3.63, 3.8) is 0 Å². The fraction of sp³-hybridized carbons (Fsp3) is 0.125. The molecule has 0 radical (unpaired) electrons. The molecule has 1 unspecified atom stereocenters. The molecule has 3 aromatic carbocycles. The number of hydrogen-bond acceptors (Lipinski definition) is 5. The summed E-state index contributed by atoms with van der Waals surface area (Å²) in [7, 11) is 1.55. The molecule has 1 atom stereocenters. The number of hydrogen-bond donors (Lipinski definition) is 2. The second kappa shape index (κ2) is 9.53. The SMILES string of the molecule is COc1ccc(C)cc1NC(=O)NC(c1ccc(Cl)cc1)c1nnc(-c2ccccc2)o1. The Hall–Kier alpha value is -3.84. The van der Waals surface area contributed by atoms with Crippen molar-refractivity contribution in [1.29, 1.82) is 0 Å². The summed E-state index contributed by atoms with van der Waals surface area (Å²) in [4.78, 5) is 12.9. The number of amides is 2. The minimum Gasteiger partial charge on any atom is -0.495 e. The first kappa shape index (κ1) is 21.4. The lowest BCUT2D eigenvalue weighted by Gasteiger charge is -2.17. The first-order valence-electron chi connectivity index (χ1n) is 9.90. The van der Waals surface area contributed by atoms with E-state index in [0.717, 1.165) is 16.7 Å². The molecular formula is C24H21ClN4O3. The van der Waals surface area contributed by atoms with E-state index in [1.807, 2.05) is 49.4 Å². The van der Waals surface area contributed by atoms with Crippen LogP contribution in [-0.4, -0.2) is 23.3 Å². The van der Waals surface area contributed by atoms with E-state index in [-0.39, 0.29) is 5.89 Å². The van der Waals surface area contributed by atoms with Crippen LogP contribution >= 0.6 is 11.6 Å². The third-order valence-corrected chi connectivity index (χ3v) is 5.04. The van der Waals surface area contributed by atoms with Crippen molar-refractivity contribution in [2.45, 2.75) is 13.0 Å². The van der Waals surface area contributed by atoms with Gasteiger partial charge < -0.3 is 19.8 Å². The number of benzene rings is 3. The highest BCUT2D eigenvalue weighted by atomic mass is 35.5. The van der Waals surface area contributed by atoms with Crippen LogP contribution in [0.15, 0.2) is 77.2 Å². The van der Waals surface area contributed by atoms with Crippen LogP contribution in [-0.2, 0) is 0 Å². The van der Waals surface area contributed by atoms with Crippen LogP contribution in [0.5, 0.6) is 5.75 Å². The minimum absolute atomic E-state index is 0.248. The number of halogens is 1. The van der Waals surface area contributed by atoms with E-state index in [1.165, 1.54) is 0 Å². The first-order chi connectivity index (χ1) is 15.5. The van der Waals surface area contributed by atoms with Gasteiger partial charge in [-0.25, -0.2) is 4.79 Å². The van der Waals surface area contributed by atoms with Crippen LogP contribution < -0.4 is 15.4 Å². The molecule has 32 heavy (non-hydrogen) atoms. The largest absolute Gasteiger partial charge is 0.495 e. The summed E-state index contributed by atoms with van der Waals surface area (Å²) in [5, 5.41) is 14.6. The number of nitrogens with zero attached hydrogens (tertiary/aromatic N) is 2. The predicted octanol–water partition coefficient (Wildman–Crippen LogP) is 5.62. The lowest BCUT2D eigenvalue weighted by atomic mass is 10.1. The third-order valence-electron chi connectivity index (χ3n) is 4.79. The van der Waals surface area contributed by atoms with Gasteiger partial charge in [0.25, 0.3) is 0 Å². The van der Waals surface area contributed by atoms with Crippen molar-refractivity contribution in [2.75, 3.05) is 12.4 Å². The highest BCUT2D eigenvalue weighted by Gasteiger charge is 2.24. The lowest BCUT2D eigenvalue weighted by molar-refractivity contribution is 0.248. The summed E-state index contributed by atoms with van der Waals surface area (Å²) in [5.41, 5.74) is 3.06. The molecule has 0 spiro atoms. The Morgan fingerprint density at radius 3 is 2.50 bits per heavy atom. The quantitative estimate of drug-likeness (QED) is 0.399. The fourth-order valence-electron chi connectivity index (χ4n) is 3.20. The van der Waals surface area contributed by atoms with Crippen LogP contribution in [0, 0.1) is 6.92 Å². The van der Waals surface area contributed by atoms with Crippen molar-refractivity contribution < 1.29 is 13.9 Å². The van der Waals surface area contributed by atoms with Crippen LogP contribution in [0.4, 0.5) is 10.5 Å². The predicted molar refractivity (Wildman–Crippen MR) is 123 cm³/mol. The molecule has 2 N–H and O–H groups in total. The van der Waals surface area contributed by atoms with Gasteiger partial charge in [-0.1, -0.05) is 48.0 Å². The highest BCUT2D eigenvalue weighted by molar-refractivity contribution is 6.30. The van der Waals surface area contributed by atoms with Crippen molar-refractivity contribution >= 4 is 23.3 Å². The van der Waals surface area contributed by atoms with Gasteiger partial charge in [0.2, 0.25) is 11.8 Å². The molecule has 2 amide bonds. The molecule has 1 heterocycles. The smallest absolute Gasteiger partial charge is 0.320 e. The molecule has 0 aliphatic rings. The van der Waals surface area contributed by atoms with Crippen LogP contribution in [0.25, 0.3) is 11.5 Å². The molecule has 4 rings (SSSR count). The third kappa shape index (κ3) is 4.90. The van der Waals surface area contributed by atoms with E-state index in [9.17, 15) is 4.79 Å². The van der Waals surface area contributed by atoms with Crippen molar-refractivity contribution in [2.24, 2.45) is 0 Å². The van der Waals surface area contributed by atoms with Gasteiger partial charge >= 0.3 is 6.03 Å². The molecule has 162 valence electrons. The lowest BCUT2D eigenvalue weighted by Crippen LogP contribution is -2.33. The number of nitrogens with one attached hydrogen (secondary N) is 2. The van der Waals surface area contributed by atoms with Gasteiger partial charge in [-0.05, 0) is 54.4 Å². The van der Waals surface area contributed by atoms with Crippen molar-refractivity contribution in [1.82, 2.24) is 15.5 Å². The number of ether oxygens (including phenoxy) is 1. The number of carbonyl (C=O) groups is 1. The van der Waals surface area contributed by atoms with Crippen LogP contribution in [0.2, 0.25) is 5.02 Å². The fourth-order valence-corrected chi connectivity index (χ4v) is 3.33. The Morgan fingerprint density at radius 1 is 1.03 bits per heavy atom. The Morgan fingerprint density at radius 2 is 1.78 bits per heavy atom. The summed E-state index contributed by atoms with van der Waals surface area (Å²) in [6, 6.07) is 20.9. The molecular weight excluding hydrogens is 428 g/mol. The van der Waals surface area contributed by atoms with Gasteiger partial charge in [-0.15, -0.1) is 10.2 Å². The topological polar surface area (TPSA) is 89.3 Å². The molecule has 0 aliphatic carbocycles. The molecule has 7 nitrogen and oxygen atoms in total. The molecule has 1 aromatic heterocycles. The normalized spacial score (nSPS) is 11.6. The van der Waals surface area contributed by atoms with E-state index in [0.29, 0.717) is 22.4 Å². The summed E-state index contributed by atoms with van der Waals surface area (Å²) >= 11 is 6.04. The number of rotatable bonds is 6. The van der Waals surface area contributed by atoms with E-state index in [4.69, 9.17) is 20.8 Å². The second-order valence-corrected chi connectivity index (χ2v) is 7.53. The minimum atomic E-state index is -0.687. The summed E-state index contributed by atoms with van der Waals surface area (Å²) in [5.74, 6) is 1.16. The monoisotopic (exact) mass is 448 g/mol. The summed E-state index contributed by atoms with van der Waals surface area (Å²) in [6.45, 7) is 1.93. The highest BCUT2D eigenvalue weighted by Crippen LogP contribution is 2.28. The maximum Gasteiger partial charge on any atom is 0.320 e. The van der Waals surface area contributed by atoms with Gasteiger partial charge in [0.05, 0.1) is 12.8 Å². The maximum absolute atomic E-state index is 12.9. The van der Waals surface area contributed by atoms with Gasteiger partial charge in [0.1, 0.15) is 11.8 Å². The average Bonchev–Trinajstić information content (AvgIpc) is 3.29. The van der Waals surface area contributed by atoms with Gasteiger partial charge in [0, 0.05) is 10.6 Å². The molecule has 0 saturated carbocycles. The molecule has 4 aromatic rings. The second-order valence-electron chi connectivity index (χ2n) is 7.10. The average molecular weight is 449 g/mol. The Balaban J connectivity index is 1.62. The maximum atomic E-state index is 12.9.